The highest BCUT2D eigenvalue weighted by atomic mass is 16.5. The number of anilines is 1. The van der Waals surface area contributed by atoms with E-state index in [1.807, 2.05) is 24.3 Å². The molecule has 0 aliphatic carbocycles. The van der Waals surface area contributed by atoms with Crippen molar-refractivity contribution >= 4 is 11.8 Å². The van der Waals surface area contributed by atoms with Crippen molar-refractivity contribution in [1.29, 1.82) is 0 Å². The van der Waals surface area contributed by atoms with E-state index in [2.05, 4.69) is 14.9 Å². The topological polar surface area (TPSA) is 84.8 Å². The van der Waals surface area contributed by atoms with Gasteiger partial charge in [0.05, 0.1) is 26.0 Å². The number of aromatic carboxylic acids is 1. The second kappa shape index (κ2) is 7.16. The van der Waals surface area contributed by atoms with Crippen LogP contribution in [0, 0.1) is 0 Å². The molecule has 0 spiro atoms. The molecule has 1 aliphatic heterocycles. The number of carbonyl (C=O) groups is 1. The zero-order chi connectivity index (χ0) is 16.9. The van der Waals surface area contributed by atoms with Crippen LogP contribution in [0.5, 0.6) is 11.5 Å². The first-order chi connectivity index (χ1) is 11.7. The highest BCUT2D eigenvalue weighted by molar-refractivity contribution is 5.84. The molecule has 1 atom stereocenters. The van der Waals surface area contributed by atoms with Crippen molar-refractivity contribution in [2.24, 2.45) is 0 Å². The molecule has 0 amide bonds. The summed E-state index contributed by atoms with van der Waals surface area (Å²) in [6.45, 7) is 1.51. The van der Waals surface area contributed by atoms with E-state index >= 15 is 0 Å². The lowest BCUT2D eigenvalue weighted by Crippen LogP contribution is -2.41. The third-order valence-corrected chi connectivity index (χ3v) is 3.92. The quantitative estimate of drug-likeness (QED) is 0.900. The standard InChI is InChI=1S/C17H19N3O4/c1-23-14-6-2-3-7-15(14)24-12-5-4-8-20(11-12)16-10-18-13(9-19-16)17(21)22/h2-3,6-7,9-10,12H,4-5,8,11H2,1H3,(H,21,22). The van der Waals surface area contributed by atoms with E-state index < -0.39 is 5.97 Å². The fraction of sp³-hybridized carbons (Fsp3) is 0.353. The minimum absolute atomic E-state index is 0.0102. The van der Waals surface area contributed by atoms with Crippen molar-refractivity contribution in [2.75, 3.05) is 25.1 Å². The zero-order valence-corrected chi connectivity index (χ0v) is 13.4. The van der Waals surface area contributed by atoms with Gasteiger partial charge in [0, 0.05) is 6.54 Å². The maximum absolute atomic E-state index is 10.9. The lowest BCUT2D eigenvalue weighted by atomic mass is 10.1. The monoisotopic (exact) mass is 329 g/mol. The van der Waals surface area contributed by atoms with E-state index in [1.165, 1.54) is 12.4 Å². The molecule has 1 fully saturated rings. The Labute approximate surface area is 139 Å². The van der Waals surface area contributed by atoms with Gasteiger partial charge in [0.2, 0.25) is 0 Å². The fourth-order valence-electron chi connectivity index (χ4n) is 2.73. The zero-order valence-electron chi connectivity index (χ0n) is 13.4. The minimum Gasteiger partial charge on any atom is -0.493 e. The van der Waals surface area contributed by atoms with Crippen molar-refractivity contribution in [3.63, 3.8) is 0 Å². The van der Waals surface area contributed by atoms with Crippen LogP contribution in [0.4, 0.5) is 5.82 Å². The molecule has 0 bridgehead atoms. The van der Waals surface area contributed by atoms with Gasteiger partial charge in [-0.15, -0.1) is 0 Å². The lowest BCUT2D eigenvalue weighted by molar-refractivity contribution is 0.0690. The summed E-state index contributed by atoms with van der Waals surface area (Å²) in [5.74, 6) is 1.01. The molecule has 1 aromatic heterocycles. The number of carboxylic acid groups (broad SMARTS) is 1. The summed E-state index contributed by atoms with van der Waals surface area (Å²) in [4.78, 5) is 21.0. The Morgan fingerprint density at radius 1 is 1.25 bits per heavy atom. The maximum Gasteiger partial charge on any atom is 0.356 e. The van der Waals surface area contributed by atoms with Crippen LogP contribution in [0.15, 0.2) is 36.7 Å². The van der Waals surface area contributed by atoms with Crippen LogP contribution in [0.3, 0.4) is 0 Å². The first-order valence-electron chi connectivity index (χ1n) is 7.77. The molecule has 1 aliphatic rings. The van der Waals surface area contributed by atoms with Crippen LogP contribution in [0.25, 0.3) is 0 Å². The summed E-state index contributed by atoms with van der Waals surface area (Å²) in [5, 5.41) is 8.89. The van der Waals surface area contributed by atoms with Crippen LogP contribution < -0.4 is 14.4 Å². The van der Waals surface area contributed by atoms with Gasteiger partial charge in [-0.05, 0) is 25.0 Å². The Morgan fingerprint density at radius 3 is 2.71 bits per heavy atom. The van der Waals surface area contributed by atoms with Crippen molar-refractivity contribution in [3.8, 4) is 11.5 Å². The van der Waals surface area contributed by atoms with E-state index in [1.54, 1.807) is 7.11 Å². The summed E-state index contributed by atoms with van der Waals surface area (Å²) >= 11 is 0. The van der Waals surface area contributed by atoms with Crippen LogP contribution in [0.1, 0.15) is 23.3 Å². The van der Waals surface area contributed by atoms with Gasteiger partial charge in [0.25, 0.3) is 0 Å². The molecule has 3 rings (SSSR count). The van der Waals surface area contributed by atoms with Crippen LogP contribution in [-0.2, 0) is 0 Å². The molecule has 1 unspecified atom stereocenters. The number of rotatable bonds is 5. The summed E-state index contributed by atoms with van der Waals surface area (Å²) in [6, 6.07) is 7.57. The summed E-state index contributed by atoms with van der Waals surface area (Å²) in [6.07, 6.45) is 4.69. The summed E-state index contributed by atoms with van der Waals surface area (Å²) in [5.41, 5.74) is -0.0578. The van der Waals surface area contributed by atoms with Gasteiger partial charge < -0.3 is 19.5 Å². The van der Waals surface area contributed by atoms with E-state index in [0.717, 1.165) is 25.1 Å². The van der Waals surface area contributed by atoms with E-state index in [0.29, 0.717) is 18.1 Å². The third-order valence-electron chi connectivity index (χ3n) is 3.92. The molecule has 1 N–H and O–H groups in total. The van der Waals surface area contributed by atoms with E-state index in [9.17, 15) is 4.79 Å². The van der Waals surface area contributed by atoms with Gasteiger partial charge >= 0.3 is 5.97 Å². The van der Waals surface area contributed by atoms with Gasteiger partial charge in [-0.2, -0.15) is 0 Å². The van der Waals surface area contributed by atoms with Gasteiger partial charge in [-0.25, -0.2) is 14.8 Å². The molecule has 1 aromatic carbocycles. The van der Waals surface area contributed by atoms with Gasteiger partial charge in [0.1, 0.15) is 11.9 Å². The highest BCUT2D eigenvalue weighted by Crippen LogP contribution is 2.29. The Balaban J connectivity index is 1.69. The first-order valence-corrected chi connectivity index (χ1v) is 7.77. The number of piperidine rings is 1. The largest absolute Gasteiger partial charge is 0.493 e. The van der Waals surface area contributed by atoms with Gasteiger partial charge in [0.15, 0.2) is 17.2 Å². The third kappa shape index (κ3) is 3.56. The van der Waals surface area contributed by atoms with Crippen molar-refractivity contribution in [3.05, 3.63) is 42.4 Å². The molecule has 2 aromatic rings. The Morgan fingerprint density at radius 2 is 2.04 bits per heavy atom. The predicted octanol–water partition coefficient (Wildman–Crippen LogP) is 2.23. The average molecular weight is 329 g/mol. The highest BCUT2D eigenvalue weighted by Gasteiger charge is 2.23. The minimum atomic E-state index is -1.08. The molecule has 7 nitrogen and oxygen atoms in total. The predicted molar refractivity (Wildman–Crippen MR) is 87.8 cm³/mol. The molecule has 126 valence electrons. The van der Waals surface area contributed by atoms with Crippen LogP contribution in [-0.4, -0.2) is 47.3 Å². The number of methoxy groups -OCH3 is 1. The summed E-state index contributed by atoms with van der Waals surface area (Å²) < 4.78 is 11.4. The van der Waals surface area contributed by atoms with Crippen molar-refractivity contribution in [1.82, 2.24) is 9.97 Å². The molecule has 2 heterocycles. The van der Waals surface area contributed by atoms with Crippen molar-refractivity contribution in [2.45, 2.75) is 18.9 Å². The number of nitrogens with zero attached hydrogens (tertiary/aromatic N) is 3. The maximum atomic E-state index is 10.9. The second-order valence-electron chi connectivity index (χ2n) is 5.54. The Bertz CT molecular complexity index is 705. The van der Waals surface area contributed by atoms with Crippen molar-refractivity contribution < 1.29 is 19.4 Å². The molecule has 0 saturated carbocycles. The number of benzene rings is 1. The molecule has 7 heteroatoms. The lowest BCUT2D eigenvalue weighted by Gasteiger charge is -2.33. The first kappa shape index (κ1) is 16.0. The van der Waals surface area contributed by atoms with Gasteiger partial charge in [-0.1, -0.05) is 12.1 Å². The number of hydrogen-bond acceptors (Lipinski definition) is 6. The number of aromatic nitrogens is 2. The number of para-hydroxylation sites is 2. The smallest absolute Gasteiger partial charge is 0.356 e. The molecule has 24 heavy (non-hydrogen) atoms. The van der Waals surface area contributed by atoms with Gasteiger partial charge in [-0.3, -0.25) is 0 Å². The number of hydrogen-bond donors (Lipinski definition) is 1. The van der Waals surface area contributed by atoms with Crippen LogP contribution >= 0.6 is 0 Å². The number of carboxylic acids is 1. The normalized spacial score (nSPS) is 17.4. The van der Waals surface area contributed by atoms with E-state index in [4.69, 9.17) is 14.6 Å². The van der Waals surface area contributed by atoms with E-state index in [-0.39, 0.29) is 11.8 Å². The SMILES string of the molecule is COc1ccccc1OC1CCCN(c2cnc(C(=O)O)cn2)C1. The second-order valence-corrected chi connectivity index (χ2v) is 5.54. The average Bonchev–Trinajstić information content (AvgIpc) is 2.62. The molecule has 0 radical (unpaired) electrons. The Kier molecular flexibility index (Phi) is 4.79. The van der Waals surface area contributed by atoms with Crippen LogP contribution in [0.2, 0.25) is 0 Å². The molecule has 1 saturated heterocycles. The summed E-state index contributed by atoms with van der Waals surface area (Å²) in [7, 11) is 1.62. The number of ether oxygens (including phenoxy) is 2. The molecular weight excluding hydrogens is 310 g/mol. The molecular formula is C17H19N3O4. The fourth-order valence-corrected chi connectivity index (χ4v) is 2.73. The Hall–Kier alpha value is -2.83.